The number of hydrogen-bond donors (Lipinski definition) is 1. The van der Waals surface area contributed by atoms with Crippen LogP contribution < -0.4 is 14.8 Å². The highest BCUT2D eigenvalue weighted by Crippen LogP contribution is 2.37. The molecule has 4 rings (SSSR count). The number of nitrogens with zero attached hydrogens (tertiary/aromatic N) is 1. The van der Waals surface area contributed by atoms with Crippen LogP contribution in [-0.4, -0.2) is 25.3 Å². The number of aromatic nitrogens is 1. The van der Waals surface area contributed by atoms with Crippen molar-refractivity contribution in [2.75, 3.05) is 14.2 Å². The smallest absolute Gasteiger partial charge is 0.408 e. The largest absolute Gasteiger partial charge is 0.497 e. The number of rotatable bonds is 4. The van der Waals surface area contributed by atoms with E-state index >= 15 is 0 Å². The van der Waals surface area contributed by atoms with E-state index in [0.29, 0.717) is 11.5 Å². The van der Waals surface area contributed by atoms with Crippen molar-refractivity contribution in [2.24, 2.45) is 0 Å². The quantitative estimate of drug-likeness (QED) is 0.670. The van der Waals surface area contributed by atoms with E-state index in [1.807, 2.05) is 54.6 Å². The van der Waals surface area contributed by atoms with Gasteiger partial charge in [-0.15, -0.1) is 0 Å². The van der Waals surface area contributed by atoms with Gasteiger partial charge in [0.05, 0.1) is 26.5 Å². The molecular weight excluding hydrogens is 380 g/mol. The molecule has 0 aliphatic carbocycles. The fourth-order valence-electron chi connectivity index (χ4n) is 3.31. The first-order valence-corrected chi connectivity index (χ1v) is 9.38. The van der Waals surface area contributed by atoms with E-state index in [0.717, 1.165) is 22.3 Å². The predicted molar refractivity (Wildman–Crippen MR) is 111 cm³/mol. The van der Waals surface area contributed by atoms with Gasteiger partial charge in [-0.25, -0.2) is 4.79 Å². The molecule has 150 valence electrons. The van der Waals surface area contributed by atoms with Gasteiger partial charge in [-0.3, -0.25) is 4.98 Å². The molecule has 2 heterocycles. The summed E-state index contributed by atoms with van der Waals surface area (Å²) < 4.78 is 16.0. The third-order valence-corrected chi connectivity index (χ3v) is 4.78. The zero-order valence-electron chi connectivity index (χ0n) is 16.6. The number of benzene rings is 2. The lowest BCUT2D eigenvalue weighted by Crippen LogP contribution is -2.19. The van der Waals surface area contributed by atoms with Crippen molar-refractivity contribution in [3.05, 3.63) is 89.2 Å². The molecule has 1 N–H and O–H groups in total. The standard InChI is InChI=1S/C24H20N2O4/c1-28-20-8-4-7-19(13-20)23-22(26-24(27)30-23)18-6-3-5-16(11-18)9-10-17-12-21(29-2)15-25-14-17/h3-8,11-15,22-23H,1-2H3,(H,26,27)/t22-,23-/m1/s1. The Morgan fingerprint density at radius 2 is 1.67 bits per heavy atom. The lowest BCUT2D eigenvalue weighted by molar-refractivity contribution is 0.132. The number of cyclic esters (lactones) is 1. The van der Waals surface area contributed by atoms with Crippen molar-refractivity contribution in [3.63, 3.8) is 0 Å². The van der Waals surface area contributed by atoms with Crippen LogP contribution in [0.4, 0.5) is 4.79 Å². The topological polar surface area (TPSA) is 69.7 Å². The number of hydrogen-bond acceptors (Lipinski definition) is 5. The van der Waals surface area contributed by atoms with E-state index in [9.17, 15) is 4.79 Å². The second-order valence-corrected chi connectivity index (χ2v) is 6.71. The number of alkyl carbamates (subject to hydrolysis) is 1. The minimum absolute atomic E-state index is 0.329. The van der Waals surface area contributed by atoms with Crippen LogP contribution in [0.1, 0.15) is 34.4 Å². The van der Waals surface area contributed by atoms with E-state index in [-0.39, 0.29) is 6.04 Å². The molecule has 3 aromatic rings. The number of carbonyl (C=O) groups excluding carboxylic acids is 1. The molecule has 6 nitrogen and oxygen atoms in total. The summed E-state index contributed by atoms with van der Waals surface area (Å²) in [5.41, 5.74) is 3.34. The molecule has 1 aliphatic rings. The first-order valence-electron chi connectivity index (χ1n) is 9.38. The van der Waals surface area contributed by atoms with Gasteiger partial charge in [-0.05, 0) is 41.5 Å². The van der Waals surface area contributed by atoms with Crippen molar-refractivity contribution in [2.45, 2.75) is 12.1 Å². The maximum absolute atomic E-state index is 12.0. The summed E-state index contributed by atoms with van der Waals surface area (Å²) >= 11 is 0. The number of pyridine rings is 1. The minimum Gasteiger partial charge on any atom is -0.497 e. The van der Waals surface area contributed by atoms with E-state index < -0.39 is 12.2 Å². The summed E-state index contributed by atoms with van der Waals surface area (Å²) in [6, 6.07) is 16.8. The molecule has 6 heteroatoms. The molecule has 1 saturated heterocycles. The highest BCUT2D eigenvalue weighted by atomic mass is 16.6. The second kappa shape index (κ2) is 8.58. The molecule has 1 aliphatic heterocycles. The molecule has 1 amide bonds. The van der Waals surface area contributed by atoms with Crippen LogP contribution in [0.2, 0.25) is 0 Å². The van der Waals surface area contributed by atoms with Crippen LogP contribution >= 0.6 is 0 Å². The SMILES string of the molecule is COc1cncc(C#Cc2cccc([C@H]3NC(=O)O[C@@H]3c3cccc(OC)c3)c2)c1. The summed E-state index contributed by atoms with van der Waals surface area (Å²) in [6.45, 7) is 0. The lowest BCUT2D eigenvalue weighted by atomic mass is 9.95. The Labute approximate surface area is 174 Å². The first-order chi connectivity index (χ1) is 14.7. The maximum atomic E-state index is 12.0. The summed E-state index contributed by atoms with van der Waals surface area (Å²) in [5.74, 6) is 7.60. The summed E-state index contributed by atoms with van der Waals surface area (Å²) in [4.78, 5) is 16.1. The van der Waals surface area contributed by atoms with Gasteiger partial charge in [-0.2, -0.15) is 0 Å². The Kier molecular flexibility index (Phi) is 5.53. The van der Waals surface area contributed by atoms with Gasteiger partial charge in [0.1, 0.15) is 11.5 Å². The number of amides is 1. The van der Waals surface area contributed by atoms with Crippen LogP contribution in [0, 0.1) is 11.8 Å². The van der Waals surface area contributed by atoms with Gasteiger partial charge in [0, 0.05) is 17.3 Å². The molecule has 0 saturated carbocycles. The second-order valence-electron chi connectivity index (χ2n) is 6.71. The molecule has 0 radical (unpaired) electrons. The number of carbonyl (C=O) groups is 1. The lowest BCUT2D eigenvalue weighted by Gasteiger charge is -2.18. The van der Waals surface area contributed by atoms with Crippen molar-refractivity contribution in [1.82, 2.24) is 10.3 Å². The molecule has 30 heavy (non-hydrogen) atoms. The Morgan fingerprint density at radius 1 is 0.900 bits per heavy atom. The van der Waals surface area contributed by atoms with Crippen molar-refractivity contribution in [3.8, 4) is 23.3 Å². The Bertz CT molecular complexity index is 1130. The average Bonchev–Trinajstić information content (AvgIpc) is 3.20. The highest BCUT2D eigenvalue weighted by Gasteiger charge is 2.36. The van der Waals surface area contributed by atoms with E-state index in [4.69, 9.17) is 14.2 Å². The van der Waals surface area contributed by atoms with Gasteiger partial charge in [0.25, 0.3) is 0 Å². The summed E-state index contributed by atoms with van der Waals surface area (Å²) in [7, 11) is 3.20. The third kappa shape index (κ3) is 4.20. The van der Waals surface area contributed by atoms with Crippen molar-refractivity contribution < 1.29 is 19.0 Å². The Morgan fingerprint density at radius 3 is 2.50 bits per heavy atom. The van der Waals surface area contributed by atoms with Crippen LogP contribution in [0.25, 0.3) is 0 Å². The van der Waals surface area contributed by atoms with Crippen LogP contribution in [0.15, 0.2) is 67.0 Å². The van der Waals surface area contributed by atoms with Crippen molar-refractivity contribution in [1.29, 1.82) is 0 Å². The highest BCUT2D eigenvalue weighted by molar-refractivity contribution is 5.71. The number of nitrogens with one attached hydrogen (secondary N) is 1. The molecule has 1 fully saturated rings. The monoisotopic (exact) mass is 400 g/mol. The van der Waals surface area contributed by atoms with Crippen LogP contribution in [-0.2, 0) is 4.74 Å². The normalized spacial score (nSPS) is 17.3. The van der Waals surface area contributed by atoms with E-state index in [2.05, 4.69) is 22.1 Å². The zero-order valence-corrected chi connectivity index (χ0v) is 16.6. The van der Waals surface area contributed by atoms with E-state index in [1.54, 1.807) is 26.6 Å². The molecule has 2 atom stereocenters. The van der Waals surface area contributed by atoms with Crippen LogP contribution in [0.5, 0.6) is 11.5 Å². The fourth-order valence-corrected chi connectivity index (χ4v) is 3.31. The minimum atomic E-state index is -0.460. The van der Waals surface area contributed by atoms with Gasteiger partial charge in [0.15, 0.2) is 6.10 Å². The van der Waals surface area contributed by atoms with Crippen LogP contribution in [0.3, 0.4) is 0 Å². The molecule has 0 spiro atoms. The molecule has 0 bridgehead atoms. The fraction of sp³-hybridized carbons (Fsp3) is 0.167. The van der Waals surface area contributed by atoms with E-state index in [1.165, 1.54) is 0 Å². The van der Waals surface area contributed by atoms with Gasteiger partial charge >= 0.3 is 6.09 Å². The van der Waals surface area contributed by atoms with Gasteiger partial charge in [-0.1, -0.05) is 36.1 Å². The third-order valence-electron chi connectivity index (χ3n) is 4.78. The maximum Gasteiger partial charge on any atom is 0.408 e. The Balaban J connectivity index is 1.62. The average molecular weight is 400 g/mol. The van der Waals surface area contributed by atoms with Gasteiger partial charge < -0.3 is 19.5 Å². The predicted octanol–water partition coefficient (Wildman–Crippen LogP) is 4.02. The number of methoxy groups -OCH3 is 2. The number of ether oxygens (including phenoxy) is 3. The first kappa shape index (κ1) is 19.3. The molecule has 0 unspecified atom stereocenters. The van der Waals surface area contributed by atoms with Gasteiger partial charge in [0.2, 0.25) is 0 Å². The Hall–Kier alpha value is -3.98. The molecule has 2 aromatic carbocycles. The zero-order chi connectivity index (χ0) is 20.9. The summed E-state index contributed by atoms with van der Waals surface area (Å²) in [5, 5.41) is 2.90. The molecule has 1 aromatic heterocycles. The van der Waals surface area contributed by atoms with Crippen molar-refractivity contribution >= 4 is 6.09 Å². The molecular formula is C24H20N2O4. The summed E-state index contributed by atoms with van der Waals surface area (Å²) in [6.07, 6.45) is 2.40.